The summed E-state index contributed by atoms with van der Waals surface area (Å²) in [6.45, 7) is 7.59. The molecule has 0 unspecified atom stereocenters. The van der Waals surface area contributed by atoms with Gasteiger partial charge >= 0.3 is 0 Å². The average Bonchev–Trinajstić information content (AvgIpc) is 2.15. The molecule has 0 fully saturated rings. The van der Waals surface area contributed by atoms with E-state index in [2.05, 4.69) is 6.58 Å². The minimum Gasteiger partial charge on any atom is -0.309 e. The van der Waals surface area contributed by atoms with Gasteiger partial charge in [-0.2, -0.15) is 0 Å². The van der Waals surface area contributed by atoms with Crippen molar-refractivity contribution >= 4 is 6.21 Å². The first-order valence-electron chi connectivity index (χ1n) is 4.52. The normalized spacial score (nSPS) is 13.9. The molecule has 74 valence electrons. The van der Waals surface area contributed by atoms with Gasteiger partial charge in [-0.15, -0.1) is 0 Å². The minimum atomic E-state index is 1.07. The standard InChI is InChI=1S/C13H17N/c1-4-5-7-12(2)8-6-9-13(3)10-11-14/h4-11,14H,1H2,2-3H3/b7-5+,9-6-,12-8+,13-10+,14-11?. The Bertz CT molecular complexity index is 301. The van der Waals surface area contributed by atoms with Gasteiger partial charge in [0, 0.05) is 6.21 Å². The van der Waals surface area contributed by atoms with Crippen LogP contribution in [0.1, 0.15) is 13.8 Å². The van der Waals surface area contributed by atoms with Crippen molar-refractivity contribution in [2.45, 2.75) is 13.8 Å². The topological polar surface area (TPSA) is 23.9 Å². The maximum atomic E-state index is 6.87. The molecule has 1 nitrogen and oxygen atoms in total. The van der Waals surface area contributed by atoms with Crippen LogP contribution in [0.25, 0.3) is 0 Å². The molecule has 0 radical (unpaired) electrons. The fourth-order valence-electron chi connectivity index (χ4n) is 0.814. The van der Waals surface area contributed by atoms with Crippen LogP contribution in [0.15, 0.2) is 60.3 Å². The van der Waals surface area contributed by atoms with Crippen LogP contribution in [0, 0.1) is 5.41 Å². The van der Waals surface area contributed by atoms with E-state index in [1.165, 1.54) is 11.8 Å². The zero-order valence-electron chi connectivity index (χ0n) is 8.83. The number of rotatable bonds is 5. The molecule has 14 heavy (non-hydrogen) atoms. The van der Waals surface area contributed by atoms with Gasteiger partial charge in [0.2, 0.25) is 0 Å². The fourth-order valence-corrected chi connectivity index (χ4v) is 0.814. The summed E-state index contributed by atoms with van der Waals surface area (Å²) >= 11 is 0. The highest BCUT2D eigenvalue weighted by atomic mass is 14.3. The molecular weight excluding hydrogens is 170 g/mol. The predicted molar refractivity (Wildman–Crippen MR) is 64.8 cm³/mol. The Morgan fingerprint density at radius 1 is 1.00 bits per heavy atom. The van der Waals surface area contributed by atoms with E-state index in [9.17, 15) is 0 Å². The monoisotopic (exact) mass is 187 g/mol. The number of hydrogen-bond acceptors (Lipinski definition) is 1. The lowest BCUT2D eigenvalue weighted by molar-refractivity contribution is 1.49. The Labute approximate surface area is 86.4 Å². The van der Waals surface area contributed by atoms with Crippen LogP contribution in [0.4, 0.5) is 0 Å². The van der Waals surface area contributed by atoms with Crippen molar-refractivity contribution in [1.29, 1.82) is 5.41 Å². The van der Waals surface area contributed by atoms with E-state index >= 15 is 0 Å². The van der Waals surface area contributed by atoms with Crippen molar-refractivity contribution in [3.05, 3.63) is 60.3 Å². The van der Waals surface area contributed by atoms with Crippen LogP contribution >= 0.6 is 0 Å². The second-order valence-electron chi connectivity index (χ2n) is 2.94. The Hall–Kier alpha value is -1.63. The highest BCUT2D eigenvalue weighted by molar-refractivity contribution is 5.69. The quantitative estimate of drug-likeness (QED) is 0.499. The summed E-state index contributed by atoms with van der Waals surface area (Å²) < 4.78 is 0. The summed E-state index contributed by atoms with van der Waals surface area (Å²) in [6, 6.07) is 0. The molecule has 0 saturated heterocycles. The Morgan fingerprint density at radius 3 is 2.14 bits per heavy atom. The SMILES string of the molecule is C=C/C=C/C(C)=C/C=C\C(C)=C\C=N. The Balaban J connectivity index is 4.26. The van der Waals surface area contributed by atoms with Crippen molar-refractivity contribution in [2.24, 2.45) is 0 Å². The van der Waals surface area contributed by atoms with E-state index in [0.29, 0.717) is 0 Å². The first kappa shape index (κ1) is 12.4. The minimum absolute atomic E-state index is 1.07. The summed E-state index contributed by atoms with van der Waals surface area (Å²) in [4.78, 5) is 0. The molecule has 0 aliphatic heterocycles. The molecule has 0 aliphatic carbocycles. The van der Waals surface area contributed by atoms with Crippen LogP contribution in [-0.2, 0) is 0 Å². The highest BCUT2D eigenvalue weighted by Crippen LogP contribution is 1.98. The lowest BCUT2D eigenvalue weighted by Gasteiger charge is -1.88. The summed E-state index contributed by atoms with van der Waals surface area (Å²) in [6.07, 6.45) is 14.6. The van der Waals surface area contributed by atoms with Gasteiger partial charge in [-0.3, -0.25) is 0 Å². The third-order valence-corrected chi connectivity index (χ3v) is 1.56. The maximum Gasteiger partial charge on any atom is 0.0180 e. The van der Waals surface area contributed by atoms with E-state index in [1.807, 2.05) is 44.2 Å². The molecule has 0 aromatic carbocycles. The lowest BCUT2D eigenvalue weighted by atomic mass is 10.2. The molecule has 0 aliphatic rings. The molecule has 0 bridgehead atoms. The molecule has 1 heteroatoms. The van der Waals surface area contributed by atoms with Crippen molar-refractivity contribution in [2.75, 3.05) is 0 Å². The van der Waals surface area contributed by atoms with E-state index in [0.717, 1.165) is 5.57 Å². The van der Waals surface area contributed by atoms with Crippen molar-refractivity contribution < 1.29 is 0 Å². The third-order valence-electron chi connectivity index (χ3n) is 1.56. The van der Waals surface area contributed by atoms with Crippen LogP contribution in [0.3, 0.4) is 0 Å². The van der Waals surface area contributed by atoms with Gasteiger partial charge in [-0.1, -0.05) is 48.6 Å². The molecule has 1 N–H and O–H groups in total. The van der Waals surface area contributed by atoms with Gasteiger partial charge in [-0.05, 0) is 25.5 Å². The molecule has 0 heterocycles. The molecule has 0 amide bonds. The van der Waals surface area contributed by atoms with Gasteiger partial charge in [0.1, 0.15) is 0 Å². The number of nitrogens with one attached hydrogen (secondary N) is 1. The first-order valence-corrected chi connectivity index (χ1v) is 4.52. The number of hydrogen-bond donors (Lipinski definition) is 1. The van der Waals surface area contributed by atoms with E-state index in [4.69, 9.17) is 5.41 Å². The van der Waals surface area contributed by atoms with Gasteiger partial charge in [0.05, 0.1) is 0 Å². The van der Waals surface area contributed by atoms with Crippen LogP contribution in [0.5, 0.6) is 0 Å². The highest BCUT2D eigenvalue weighted by Gasteiger charge is 1.78. The molecule has 0 aromatic heterocycles. The molecule has 0 saturated carbocycles. The van der Waals surface area contributed by atoms with Crippen LogP contribution < -0.4 is 0 Å². The van der Waals surface area contributed by atoms with Gasteiger partial charge < -0.3 is 5.41 Å². The van der Waals surface area contributed by atoms with Gasteiger partial charge in [0.15, 0.2) is 0 Å². The molecular formula is C13H17N. The Morgan fingerprint density at radius 2 is 1.57 bits per heavy atom. The van der Waals surface area contributed by atoms with E-state index in [-0.39, 0.29) is 0 Å². The summed E-state index contributed by atoms with van der Waals surface area (Å²) in [5.41, 5.74) is 2.24. The molecule has 0 spiro atoms. The summed E-state index contributed by atoms with van der Waals surface area (Å²) in [7, 11) is 0. The summed E-state index contributed by atoms with van der Waals surface area (Å²) in [5, 5.41) is 6.87. The second-order valence-corrected chi connectivity index (χ2v) is 2.94. The number of allylic oxidation sites excluding steroid dienone is 9. The summed E-state index contributed by atoms with van der Waals surface area (Å²) in [5.74, 6) is 0. The van der Waals surface area contributed by atoms with Crippen molar-refractivity contribution in [1.82, 2.24) is 0 Å². The predicted octanol–water partition coefficient (Wildman–Crippen LogP) is 3.83. The average molecular weight is 187 g/mol. The van der Waals surface area contributed by atoms with Crippen molar-refractivity contribution in [3.8, 4) is 0 Å². The van der Waals surface area contributed by atoms with Crippen molar-refractivity contribution in [3.63, 3.8) is 0 Å². The molecule has 0 aromatic rings. The lowest BCUT2D eigenvalue weighted by Crippen LogP contribution is -1.69. The zero-order valence-corrected chi connectivity index (χ0v) is 8.83. The van der Waals surface area contributed by atoms with E-state index in [1.54, 1.807) is 12.2 Å². The fraction of sp³-hybridized carbons (Fsp3) is 0.154. The van der Waals surface area contributed by atoms with Crippen LogP contribution in [-0.4, -0.2) is 6.21 Å². The third kappa shape index (κ3) is 7.04. The molecule has 0 atom stereocenters. The first-order chi connectivity index (χ1) is 6.70. The zero-order chi connectivity index (χ0) is 10.8. The Kier molecular flexibility index (Phi) is 7.06. The second kappa shape index (κ2) is 7.99. The van der Waals surface area contributed by atoms with Gasteiger partial charge in [0.25, 0.3) is 0 Å². The maximum absolute atomic E-state index is 6.87. The smallest absolute Gasteiger partial charge is 0.0180 e. The largest absolute Gasteiger partial charge is 0.309 e. The van der Waals surface area contributed by atoms with E-state index < -0.39 is 0 Å². The van der Waals surface area contributed by atoms with Crippen LogP contribution in [0.2, 0.25) is 0 Å². The molecule has 0 rings (SSSR count). The van der Waals surface area contributed by atoms with Gasteiger partial charge in [-0.25, -0.2) is 0 Å².